The molecular weight excluding hydrogens is 330 g/mol. The monoisotopic (exact) mass is 369 g/mol. The molecule has 26 heavy (non-hydrogen) atoms. The fraction of sp³-hybridized carbons (Fsp3) is 0.947. The molecule has 2 heterocycles. The molecule has 0 spiro atoms. The van der Waals surface area contributed by atoms with Crippen molar-refractivity contribution in [3.63, 3.8) is 0 Å². The Balaban J connectivity index is 1.73. The molecule has 7 nitrogen and oxygen atoms in total. The van der Waals surface area contributed by atoms with E-state index < -0.39 is 0 Å². The van der Waals surface area contributed by atoms with Crippen LogP contribution >= 0.6 is 0 Å². The number of methoxy groups -OCH3 is 1. The van der Waals surface area contributed by atoms with Crippen molar-refractivity contribution in [3.05, 3.63) is 0 Å². The van der Waals surface area contributed by atoms with E-state index >= 15 is 0 Å². The van der Waals surface area contributed by atoms with E-state index in [2.05, 4.69) is 34.0 Å². The summed E-state index contributed by atoms with van der Waals surface area (Å²) in [4.78, 5) is 12.3. The second kappa shape index (κ2) is 12.5. The van der Waals surface area contributed by atoms with Crippen LogP contribution in [0.2, 0.25) is 0 Å². The van der Waals surface area contributed by atoms with E-state index in [9.17, 15) is 0 Å². The normalized spacial score (nSPS) is 23.4. The van der Waals surface area contributed by atoms with Crippen LogP contribution in [0.4, 0.5) is 0 Å². The molecule has 7 heteroatoms. The predicted octanol–water partition coefficient (Wildman–Crippen LogP) is 0.574. The molecule has 152 valence electrons. The van der Waals surface area contributed by atoms with E-state index in [0.29, 0.717) is 19.1 Å². The molecule has 0 bridgehead atoms. The number of likely N-dealkylation sites (tertiary alicyclic amines) is 1. The van der Waals surface area contributed by atoms with E-state index in [4.69, 9.17) is 14.5 Å². The second-order valence-corrected chi connectivity index (χ2v) is 7.40. The predicted molar refractivity (Wildman–Crippen MR) is 107 cm³/mol. The molecular formula is C19H39N5O2. The maximum absolute atomic E-state index is 5.70. The number of aliphatic imine (C=N–C) groups is 1. The summed E-state index contributed by atoms with van der Waals surface area (Å²) >= 11 is 0. The maximum Gasteiger partial charge on any atom is 0.193 e. The lowest BCUT2D eigenvalue weighted by atomic mass is 10.1. The molecule has 2 aliphatic heterocycles. The number of nitrogens with one attached hydrogen (secondary N) is 1. The highest BCUT2D eigenvalue weighted by atomic mass is 16.5. The Labute approximate surface area is 159 Å². The van der Waals surface area contributed by atoms with Gasteiger partial charge >= 0.3 is 0 Å². The Kier molecular flexibility index (Phi) is 10.3. The van der Waals surface area contributed by atoms with E-state index in [-0.39, 0.29) is 0 Å². The second-order valence-electron chi connectivity index (χ2n) is 7.40. The van der Waals surface area contributed by atoms with Gasteiger partial charge in [0, 0.05) is 52.3 Å². The maximum atomic E-state index is 5.70. The Morgan fingerprint density at radius 2 is 2.04 bits per heavy atom. The first-order valence-electron chi connectivity index (χ1n) is 10.2. The van der Waals surface area contributed by atoms with Crippen LogP contribution in [-0.2, 0) is 9.47 Å². The smallest absolute Gasteiger partial charge is 0.193 e. The zero-order valence-electron chi connectivity index (χ0n) is 17.1. The number of ether oxygens (including phenoxy) is 2. The summed E-state index contributed by atoms with van der Waals surface area (Å²) in [6.07, 6.45) is 2.44. The van der Waals surface area contributed by atoms with Crippen molar-refractivity contribution in [2.24, 2.45) is 10.9 Å². The number of guanidine groups is 1. The zero-order chi connectivity index (χ0) is 18.6. The summed E-state index contributed by atoms with van der Waals surface area (Å²) < 4.78 is 10.7. The van der Waals surface area contributed by atoms with Crippen molar-refractivity contribution in [3.8, 4) is 0 Å². The van der Waals surface area contributed by atoms with Crippen LogP contribution < -0.4 is 5.32 Å². The van der Waals surface area contributed by atoms with Crippen molar-refractivity contribution in [1.29, 1.82) is 0 Å². The number of nitrogens with zero attached hydrogens (tertiary/aromatic N) is 4. The molecule has 0 aliphatic carbocycles. The molecule has 2 aliphatic rings. The van der Waals surface area contributed by atoms with Gasteiger partial charge in [-0.3, -0.25) is 4.99 Å². The van der Waals surface area contributed by atoms with Crippen molar-refractivity contribution in [2.75, 3.05) is 92.9 Å². The van der Waals surface area contributed by atoms with E-state index in [1.807, 2.05) is 0 Å². The van der Waals surface area contributed by atoms with Crippen LogP contribution in [-0.4, -0.2) is 114 Å². The van der Waals surface area contributed by atoms with E-state index in [0.717, 1.165) is 51.8 Å². The third kappa shape index (κ3) is 7.78. The van der Waals surface area contributed by atoms with Crippen molar-refractivity contribution >= 4 is 5.96 Å². The third-order valence-corrected chi connectivity index (χ3v) is 5.20. The summed E-state index contributed by atoms with van der Waals surface area (Å²) in [5, 5.41) is 3.47. The summed E-state index contributed by atoms with van der Waals surface area (Å²) in [5.74, 6) is 1.66. The van der Waals surface area contributed by atoms with Crippen molar-refractivity contribution in [1.82, 2.24) is 20.0 Å². The van der Waals surface area contributed by atoms with Crippen LogP contribution in [0.15, 0.2) is 4.99 Å². The van der Waals surface area contributed by atoms with Gasteiger partial charge in [0.25, 0.3) is 0 Å². The number of hydrogen-bond donors (Lipinski definition) is 1. The standard InChI is InChI=1S/C19H39N5O2/c1-4-20-19(21-7-11-23-9-5-8-22(2)12-13-23)24-10-6-18(16-24)17-26-15-14-25-3/h18H,4-17H2,1-3H3,(H,20,21). The van der Waals surface area contributed by atoms with Crippen LogP contribution in [0, 0.1) is 5.92 Å². The fourth-order valence-corrected chi connectivity index (χ4v) is 3.60. The van der Waals surface area contributed by atoms with E-state index in [1.165, 1.54) is 32.5 Å². The molecule has 0 aromatic rings. The van der Waals surface area contributed by atoms with Gasteiger partial charge in [0.2, 0.25) is 0 Å². The first-order valence-corrected chi connectivity index (χ1v) is 10.2. The highest BCUT2D eigenvalue weighted by Gasteiger charge is 2.25. The van der Waals surface area contributed by atoms with Crippen LogP contribution in [0.3, 0.4) is 0 Å². The van der Waals surface area contributed by atoms with Crippen molar-refractivity contribution in [2.45, 2.75) is 19.8 Å². The van der Waals surface area contributed by atoms with Gasteiger partial charge < -0.3 is 29.5 Å². The Bertz CT molecular complexity index is 407. The van der Waals surface area contributed by atoms with Gasteiger partial charge in [-0.1, -0.05) is 0 Å². The van der Waals surface area contributed by atoms with Gasteiger partial charge in [0.05, 0.1) is 26.4 Å². The van der Waals surface area contributed by atoms with Crippen LogP contribution in [0.5, 0.6) is 0 Å². The Hall–Kier alpha value is -0.890. The molecule has 0 aromatic heterocycles. The molecule has 0 amide bonds. The van der Waals surface area contributed by atoms with Crippen molar-refractivity contribution < 1.29 is 9.47 Å². The third-order valence-electron chi connectivity index (χ3n) is 5.20. The molecule has 1 atom stereocenters. The average Bonchev–Trinajstić information content (AvgIpc) is 3.01. The minimum absolute atomic E-state index is 0.594. The quantitative estimate of drug-likeness (QED) is 0.364. The number of likely N-dealkylation sites (N-methyl/N-ethyl adjacent to an activating group) is 1. The molecule has 0 saturated carbocycles. The zero-order valence-corrected chi connectivity index (χ0v) is 17.1. The van der Waals surface area contributed by atoms with Gasteiger partial charge in [-0.2, -0.15) is 0 Å². The highest BCUT2D eigenvalue weighted by molar-refractivity contribution is 5.80. The van der Waals surface area contributed by atoms with Gasteiger partial charge in [-0.05, 0) is 39.9 Å². The van der Waals surface area contributed by atoms with Gasteiger partial charge in [-0.15, -0.1) is 0 Å². The highest BCUT2D eigenvalue weighted by Crippen LogP contribution is 2.16. The minimum atomic E-state index is 0.594. The molecule has 1 N–H and O–H groups in total. The van der Waals surface area contributed by atoms with Gasteiger partial charge in [0.15, 0.2) is 5.96 Å². The SMILES string of the molecule is CCNC(=NCCN1CCCN(C)CC1)N1CCC(COCCOC)C1. The summed E-state index contributed by atoms with van der Waals surface area (Å²) in [5.41, 5.74) is 0. The van der Waals surface area contributed by atoms with E-state index in [1.54, 1.807) is 7.11 Å². The topological polar surface area (TPSA) is 52.6 Å². The lowest BCUT2D eigenvalue weighted by molar-refractivity contribution is 0.0536. The Morgan fingerprint density at radius 1 is 1.15 bits per heavy atom. The lowest BCUT2D eigenvalue weighted by Crippen LogP contribution is -2.41. The summed E-state index contributed by atoms with van der Waals surface area (Å²) in [7, 11) is 3.93. The van der Waals surface area contributed by atoms with Crippen LogP contribution in [0.25, 0.3) is 0 Å². The average molecular weight is 370 g/mol. The Morgan fingerprint density at radius 3 is 2.85 bits per heavy atom. The largest absolute Gasteiger partial charge is 0.382 e. The van der Waals surface area contributed by atoms with Gasteiger partial charge in [0.1, 0.15) is 0 Å². The summed E-state index contributed by atoms with van der Waals surface area (Å²) in [6.45, 7) is 14.0. The lowest BCUT2D eigenvalue weighted by Gasteiger charge is -2.23. The molecule has 0 aromatic carbocycles. The molecule has 2 fully saturated rings. The summed E-state index contributed by atoms with van der Waals surface area (Å²) in [6, 6.07) is 0. The molecule has 2 saturated heterocycles. The first kappa shape index (κ1) is 21.4. The van der Waals surface area contributed by atoms with Crippen LogP contribution in [0.1, 0.15) is 19.8 Å². The number of rotatable bonds is 9. The molecule has 2 rings (SSSR count). The van der Waals surface area contributed by atoms with Gasteiger partial charge in [-0.25, -0.2) is 0 Å². The fourth-order valence-electron chi connectivity index (χ4n) is 3.60. The molecule has 0 radical (unpaired) electrons. The first-order chi connectivity index (χ1) is 12.7. The minimum Gasteiger partial charge on any atom is -0.382 e. The molecule has 1 unspecified atom stereocenters. The number of hydrogen-bond acceptors (Lipinski definition) is 5.